The maximum Gasteiger partial charge on any atom is 0.234 e. The van der Waals surface area contributed by atoms with E-state index < -0.39 is 5.41 Å². The van der Waals surface area contributed by atoms with Gasteiger partial charge in [0.15, 0.2) is 0 Å². The molecule has 1 heterocycles. The minimum atomic E-state index is -0.485. The van der Waals surface area contributed by atoms with Crippen molar-refractivity contribution in [1.82, 2.24) is 5.32 Å². The first-order valence-corrected chi connectivity index (χ1v) is 7.81. The van der Waals surface area contributed by atoms with Crippen molar-refractivity contribution >= 4 is 17.5 Å². The molecule has 2 N–H and O–H groups in total. The Morgan fingerprint density at radius 2 is 1.95 bits per heavy atom. The molecule has 4 nitrogen and oxygen atoms in total. The Kier molecular flexibility index (Phi) is 4.32. The van der Waals surface area contributed by atoms with Crippen LogP contribution in [-0.4, -0.2) is 18.4 Å². The first-order chi connectivity index (χ1) is 10.1. The van der Waals surface area contributed by atoms with Crippen LogP contribution in [0.25, 0.3) is 0 Å². The van der Waals surface area contributed by atoms with Crippen molar-refractivity contribution in [3.05, 3.63) is 29.3 Å². The average molecular weight is 302 g/mol. The number of anilines is 1. The van der Waals surface area contributed by atoms with E-state index in [0.717, 1.165) is 23.2 Å². The van der Waals surface area contributed by atoms with Crippen molar-refractivity contribution < 1.29 is 9.59 Å². The van der Waals surface area contributed by atoms with Crippen LogP contribution in [0.15, 0.2) is 18.2 Å². The van der Waals surface area contributed by atoms with Gasteiger partial charge in [-0.05, 0) is 42.9 Å². The van der Waals surface area contributed by atoms with Gasteiger partial charge in [0.25, 0.3) is 0 Å². The van der Waals surface area contributed by atoms with Crippen LogP contribution in [0.1, 0.15) is 52.2 Å². The minimum absolute atomic E-state index is 0.00765. The van der Waals surface area contributed by atoms with Crippen LogP contribution < -0.4 is 10.6 Å². The molecule has 0 saturated carbocycles. The molecule has 1 aliphatic rings. The van der Waals surface area contributed by atoms with Gasteiger partial charge >= 0.3 is 0 Å². The highest BCUT2D eigenvalue weighted by Gasteiger charge is 2.38. The van der Waals surface area contributed by atoms with Crippen LogP contribution in [0.3, 0.4) is 0 Å². The number of carbonyl (C=O) groups is 2. The number of rotatable bonds is 4. The Morgan fingerprint density at radius 3 is 2.59 bits per heavy atom. The van der Waals surface area contributed by atoms with E-state index in [1.165, 1.54) is 0 Å². The number of nitrogens with one attached hydrogen (secondary N) is 2. The summed E-state index contributed by atoms with van der Waals surface area (Å²) in [5.74, 6) is 0.129. The lowest BCUT2D eigenvalue weighted by Gasteiger charge is -2.18. The molecule has 4 heteroatoms. The lowest BCUT2D eigenvalue weighted by molar-refractivity contribution is -0.122. The van der Waals surface area contributed by atoms with Crippen LogP contribution in [-0.2, 0) is 21.4 Å². The normalized spacial score (nSPS) is 16.1. The summed E-state index contributed by atoms with van der Waals surface area (Å²) < 4.78 is 0. The Labute approximate surface area is 132 Å². The molecule has 0 atom stereocenters. The van der Waals surface area contributed by atoms with Crippen molar-refractivity contribution in [2.45, 2.75) is 52.9 Å². The number of fused-ring (bicyclic) bond motifs is 1. The molecule has 0 saturated heterocycles. The summed E-state index contributed by atoms with van der Waals surface area (Å²) in [7, 11) is 0. The van der Waals surface area contributed by atoms with Gasteiger partial charge in [-0.15, -0.1) is 0 Å². The Morgan fingerprint density at radius 1 is 1.27 bits per heavy atom. The summed E-state index contributed by atoms with van der Waals surface area (Å²) in [6, 6.07) is 6.04. The third-order valence-electron chi connectivity index (χ3n) is 4.00. The zero-order valence-electron chi connectivity index (χ0n) is 14.2. The zero-order chi connectivity index (χ0) is 16.5. The molecular weight excluding hydrogens is 276 g/mol. The van der Waals surface area contributed by atoms with Gasteiger partial charge in [0.1, 0.15) is 0 Å². The van der Waals surface area contributed by atoms with E-state index in [1.54, 1.807) is 0 Å². The van der Waals surface area contributed by atoms with E-state index >= 15 is 0 Å². The molecule has 0 aromatic heterocycles. The van der Waals surface area contributed by atoms with Gasteiger partial charge in [-0.2, -0.15) is 0 Å². The summed E-state index contributed by atoms with van der Waals surface area (Å²) in [5, 5.41) is 5.87. The largest absolute Gasteiger partial charge is 0.356 e. The first kappa shape index (κ1) is 16.5. The monoisotopic (exact) mass is 302 g/mol. The molecule has 22 heavy (non-hydrogen) atoms. The second kappa shape index (κ2) is 5.75. The SMILES string of the molecule is CC(C)(C)CC(=O)NCCc1ccc2c(c1)C(C)(C)C(=O)N2. The standard InChI is InChI=1S/C18H26N2O2/c1-17(2,3)11-15(21)19-9-8-12-6-7-14-13(10-12)18(4,5)16(22)20-14/h6-7,10H,8-9,11H2,1-5H3,(H,19,21)(H,20,22). The molecule has 0 spiro atoms. The predicted octanol–water partition coefficient (Wildman–Crippen LogP) is 3.01. The molecule has 2 amide bonds. The van der Waals surface area contributed by atoms with Gasteiger partial charge < -0.3 is 10.6 Å². The van der Waals surface area contributed by atoms with Gasteiger partial charge in [-0.1, -0.05) is 32.9 Å². The maximum absolute atomic E-state index is 11.9. The van der Waals surface area contributed by atoms with Crippen molar-refractivity contribution in [1.29, 1.82) is 0 Å². The van der Waals surface area contributed by atoms with Crippen molar-refractivity contribution in [2.75, 3.05) is 11.9 Å². The quantitative estimate of drug-likeness (QED) is 0.898. The molecule has 1 aromatic carbocycles. The molecular formula is C18H26N2O2. The Bertz CT molecular complexity index is 598. The molecule has 2 rings (SSSR count). The van der Waals surface area contributed by atoms with Crippen LogP contribution in [0, 0.1) is 5.41 Å². The number of benzene rings is 1. The smallest absolute Gasteiger partial charge is 0.234 e. The maximum atomic E-state index is 11.9. The fourth-order valence-corrected chi connectivity index (χ4v) is 2.66. The van der Waals surface area contributed by atoms with E-state index in [-0.39, 0.29) is 17.2 Å². The van der Waals surface area contributed by atoms with Crippen molar-refractivity contribution in [3.8, 4) is 0 Å². The van der Waals surface area contributed by atoms with E-state index in [4.69, 9.17) is 0 Å². The average Bonchev–Trinajstić information content (AvgIpc) is 2.59. The summed E-state index contributed by atoms with van der Waals surface area (Å²) in [5.41, 5.74) is 2.60. The van der Waals surface area contributed by atoms with E-state index in [0.29, 0.717) is 13.0 Å². The molecule has 0 fully saturated rings. The van der Waals surface area contributed by atoms with E-state index in [2.05, 4.69) is 37.5 Å². The minimum Gasteiger partial charge on any atom is -0.356 e. The molecule has 120 valence electrons. The molecule has 1 aromatic rings. The van der Waals surface area contributed by atoms with Gasteiger partial charge in [-0.25, -0.2) is 0 Å². The summed E-state index contributed by atoms with van der Waals surface area (Å²) in [6.45, 7) is 10.7. The summed E-state index contributed by atoms with van der Waals surface area (Å²) in [6.07, 6.45) is 1.30. The van der Waals surface area contributed by atoms with Gasteiger partial charge in [0, 0.05) is 18.7 Å². The summed E-state index contributed by atoms with van der Waals surface area (Å²) in [4.78, 5) is 23.7. The van der Waals surface area contributed by atoms with Crippen molar-refractivity contribution in [2.24, 2.45) is 5.41 Å². The van der Waals surface area contributed by atoms with Crippen LogP contribution in [0.5, 0.6) is 0 Å². The highest BCUT2D eigenvalue weighted by atomic mass is 16.2. The number of hydrogen-bond acceptors (Lipinski definition) is 2. The van der Waals surface area contributed by atoms with Crippen LogP contribution in [0.2, 0.25) is 0 Å². The fraction of sp³-hybridized carbons (Fsp3) is 0.556. The highest BCUT2D eigenvalue weighted by Crippen LogP contribution is 2.37. The molecule has 0 radical (unpaired) electrons. The zero-order valence-corrected chi connectivity index (χ0v) is 14.2. The van der Waals surface area contributed by atoms with Gasteiger partial charge in [-0.3, -0.25) is 9.59 Å². The number of carbonyl (C=O) groups excluding carboxylic acids is 2. The Balaban J connectivity index is 1.95. The van der Waals surface area contributed by atoms with Crippen LogP contribution >= 0.6 is 0 Å². The number of hydrogen-bond donors (Lipinski definition) is 2. The topological polar surface area (TPSA) is 58.2 Å². The molecule has 1 aliphatic heterocycles. The fourth-order valence-electron chi connectivity index (χ4n) is 2.66. The molecule has 0 aliphatic carbocycles. The Hall–Kier alpha value is -1.84. The van der Waals surface area contributed by atoms with E-state index in [9.17, 15) is 9.59 Å². The lowest BCUT2D eigenvalue weighted by Crippen LogP contribution is -2.29. The highest BCUT2D eigenvalue weighted by molar-refractivity contribution is 6.05. The summed E-state index contributed by atoms with van der Waals surface area (Å²) >= 11 is 0. The van der Waals surface area contributed by atoms with E-state index in [1.807, 2.05) is 26.0 Å². The number of amides is 2. The van der Waals surface area contributed by atoms with Crippen LogP contribution in [0.4, 0.5) is 5.69 Å². The van der Waals surface area contributed by atoms with Gasteiger partial charge in [0.2, 0.25) is 11.8 Å². The third kappa shape index (κ3) is 3.67. The second-order valence-corrected chi connectivity index (χ2v) is 7.80. The lowest BCUT2D eigenvalue weighted by atomic mass is 9.85. The predicted molar refractivity (Wildman–Crippen MR) is 88.9 cm³/mol. The van der Waals surface area contributed by atoms with Gasteiger partial charge in [0.05, 0.1) is 5.41 Å². The first-order valence-electron chi connectivity index (χ1n) is 7.81. The van der Waals surface area contributed by atoms with Crippen molar-refractivity contribution in [3.63, 3.8) is 0 Å². The third-order valence-corrected chi connectivity index (χ3v) is 4.00. The second-order valence-electron chi connectivity index (χ2n) is 7.80. The molecule has 0 unspecified atom stereocenters. The molecule has 0 bridgehead atoms.